The van der Waals surface area contributed by atoms with Gasteiger partial charge in [0.25, 0.3) is 5.69 Å². The number of hydrogen-bond donors (Lipinski definition) is 4. The molecule has 20 bridgehead atoms. The second kappa shape index (κ2) is 42.9. The molecule has 28 rings (SSSR count). The van der Waals surface area contributed by atoms with Crippen LogP contribution >= 0.6 is 0 Å². The lowest BCUT2D eigenvalue weighted by molar-refractivity contribution is -0.385. The monoisotopic (exact) mass is 1870 g/mol. The lowest BCUT2D eigenvalue weighted by Crippen LogP contribution is -2.47. The third kappa shape index (κ3) is 22.7. The van der Waals surface area contributed by atoms with E-state index in [0.717, 1.165) is 186 Å². The highest BCUT2D eigenvalue weighted by Gasteiger charge is 2.55. The molecule has 732 valence electrons. The predicted molar refractivity (Wildman–Crippen MR) is 539 cm³/mol. The van der Waals surface area contributed by atoms with Crippen LogP contribution in [0.25, 0.3) is 0 Å². The van der Waals surface area contributed by atoms with E-state index < -0.39 is 5.97 Å². The average Bonchev–Trinajstić information content (AvgIpc) is 0.743. The van der Waals surface area contributed by atoms with E-state index in [0.29, 0.717) is 77.4 Å². The van der Waals surface area contributed by atoms with Crippen molar-refractivity contribution in [2.75, 3.05) is 54.7 Å². The summed E-state index contributed by atoms with van der Waals surface area (Å²) in [6.45, 7) is 13.0. The summed E-state index contributed by atoms with van der Waals surface area (Å²) < 4.78 is 25.8. The normalized spacial score (nSPS) is 30.6. The molecule has 20 aliphatic rings. The second-order valence-electron chi connectivity index (χ2n) is 45.7. The molecule has 0 radical (unpaired) electrons. The maximum absolute atomic E-state index is 12.3. The number of nitro benzene ring substituents is 1. The van der Waals surface area contributed by atoms with Gasteiger partial charge in [-0.1, -0.05) is 60.7 Å². The Labute approximate surface area is 817 Å². The smallest absolute Gasteiger partial charge is 0.338 e. The summed E-state index contributed by atoms with van der Waals surface area (Å²) >= 11 is 0. The Morgan fingerprint density at radius 3 is 0.971 bits per heavy atom. The van der Waals surface area contributed by atoms with Gasteiger partial charge < -0.3 is 45.4 Å². The van der Waals surface area contributed by atoms with Crippen LogP contribution in [0, 0.1) is 139 Å². The fourth-order valence-corrected chi connectivity index (χ4v) is 32.2. The van der Waals surface area contributed by atoms with Crippen LogP contribution in [0.2, 0.25) is 0 Å². The van der Waals surface area contributed by atoms with Crippen LogP contribution in [0.1, 0.15) is 311 Å². The van der Waals surface area contributed by atoms with Crippen LogP contribution in [0.5, 0.6) is 0 Å². The first-order chi connectivity index (χ1) is 67.0. The lowest BCUT2D eigenvalue weighted by Gasteiger charge is -2.57. The Balaban J connectivity index is 0.000000111. The van der Waals surface area contributed by atoms with Crippen molar-refractivity contribution in [1.29, 1.82) is 0 Å². The summed E-state index contributed by atoms with van der Waals surface area (Å²) in [5, 5.41) is 22.4. The van der Waals surface area contributed by atoms with E-state index in [1.54, 1.807) is 37.6 Å². The number of aromatic nitrogens is 3. The molecule has 2 aromatic heterocycles. The number of benzene rings is 6. The Bertz CT molecular complexity index is 5080. The summed E-state index contributed by atoms with van der Waals surface area (Å²) in [6.07, 6.45) is 51.8. The van der Waals surface area contributed by atoms with Crippen LogP contribution in [0.15, 0.2) is 164 Å². The van der Waals surface area contributed by atoms with E-state index in [4.69, 9.17) is 29.4 Å². The highest BCUT2D eigenvalue weighted by molar-refractivity contribution is 5.93. The summed E-state index contributed by atoms with van der Waals surface area (Å²) in [4.78, 5) is 84.3. The number of hydrogen-bond acceptors (Lipinski definition) is 19. The highest BCUT2D eigenvalue weighted by Crippen LogP contribution is 2.66. The molecule has 0 amide bonds. The predicted octanol–water partition coefficient (Wildman–Crippen LogP) is 25.3. The van der Waals surface area contributed by atoms with Gasteiger partial charge in [0.2, 0.25) is 0 Å². The zero-order chi connectivity index (χ0) is 95.2. The van der Waals surface area contributed by atoms with E-state index in [9.17, 15) is 34.1 Å². The molecule has 0 atom stereocenters. The van der Waals surface area contributed by atoms with Gasteiger partial charge in [-0.25, -0.2) is 33.9 Å². The minimum atomic E-state index is -0.494. The first-order valence-corrected chi connectivity index (χ1v) is 53.3. The summed E-state index contributed by atoms with van der Waals surface area (Å²) in [6, 6.07) is 45.3. The van der Waals surface area contributed by atoms with Gasteiger partial charge in [-0.3, -0.25) is 15.1 Å². The van der Waals surface area contributed by atoms with E-state index in [2.05, 4.69) is 73.4 Å². The number of ether oxygens (including phenoxy) is 5. The summed E-state index contributed by atoms with van der Waals surface area (Å²) in [7, 11) is 0. The van der Waals surface area contributed by atoms with Gasteiger partial charge in [0.1, 0.15) is 6.33 Å². The maximum Gasteiger partial charge on any atom is 0.338 e. The molecule has 6 aromatic carbocycles. The minimum absolute atomic E-state index is 0.0689. The number of nitrogens with zero attached hydrogens (tertiary/aromatic N) is 4. The van der Waals surface area contributed by atoms with E-state index >= 15 is 0 Å². The molecule has 138 heavy (non-hydrogen) atoms. The molecular formula is C118H148N8O12. The molecule has 8 aromatic rings. The van der Waals surface area contributed by atoms with Crippen molar-refractivity contribution in [2.24, 2.45) is 129 Å². The number of esters is 5. The van der Waals surface area contributed by atoms with Crippen molar-refractivity contribution in [3.8, 4) is 0 Å². The average molecular weight is 1870 g/mol. The van der Waals surface area contributed by atoms with E-state index in [1.807, 2.05) is 113 Å². The molecule has 2 heterocycles. The zero-order valence-corrected chi connectivity index (χ0v) is 82.3. The molecule has 0 unspecified atom stereocenters. The van der Waals surface area contributed by atoms with Gasteiger partial charge in [-0.15, -0.1) is 0 Å². The van der Waals surface area contributed by atoms with Crippen LogP contribution in [-0.4, -0.2) is 82.8 Å². The third-order valence-corrected chi connectivity index (χ3v) is 35.9. The molecule has 20 saturated carbocycles. The number of pyridine rings is 1. The Hall–Kier alpha value is -10.5. The largest absolute Gasteiger partial charge is 0.462 e. The quantitative estimate of drug-likeness (QED) is 0.0107. The van der Waals surface area contributed by atoms with Crippen molar-refractivity contribution < 1.29 is 52.6 Å². The Morgan fingerprint density at radius 2 is 0.645 bits per heavy atom. The number of nitrogen functional groups attached to an aromatic ring is 1. The Kier molecular flexibility index (Phi) is 30.0. The Morgan fingerprint density at radius 1 is 0.348 bits per heavy atom. The van der Waals surface area contributed by atoms with Gasteiger partial charge in [0.15, 0.2) is 0 Å². The number of rotatable bonds is 30. The van der Waals surface area contributed by atoms with Gasteiger partial charge in [0, 0.05) is 66.1 Å². The SMILES string of the molecule is CCOC(=O)c1ccc(CC23CC4CC(CC(C4)C2)C3)c(NCc2ccccc2)c1.CCOC(=O)c1ccc(CC23CC4CC(CC(C4)C2)C3)c(NCc2ccncc2)c1.CCOC(=O)c1ccc(CC23CC4CC(CC(C4)C2)C3)c(NCc2ccncn2)c1.CCOC(=O)c1ccc(CC2C3CC4CC(C3)CC2C4)c(N)c1.CCOC(=O)c1ccc(CC2C3CC4CC(C3)CC2C4)c([N+](=O)[O-])c1. The fourth-order valence-electron chi connectivity index (χ4n) is 32.2. The molecule has 5 N–H and O–H groups in total. The van der Waals surface area contributed by atoms with Crippen LogP contribution in [0.4, 0.5) is 28.4 Å². The van der Waals surface area contributed by atoms with Gasteiger partial charge in [0.05, 0.1) is 78.0 Å². The van der Waals surface area contributed by atoms with Crippen molar-refractivity contribution in [3.63, 3.8) is 0 Å². The number of anilines is 4. The first kappa shape index (κ1) is 96.4. The summed E-state index contributed by atoms with van der Waals surface area (Å²) in [5.74, 6) is 15.5. The molecule has 0 saturated heterocycles. The number of carbonyl (C=O) groups is 5. The molecule has 0 aliphatic heterocycles. The minimum Gasteiger partial charge on any atom is -0.462 e. The molecular weight excluding hydrogens is 1720 g/mol. The van der Waals surface area contributed by atoms with E-state index in [1.165, 1.54) is 219 Å². The molecule has 20 aliphatic carbocycles. The van der Waals surface area contributed by atoms with Crippen molar-refractivity contribution in [1.82, 2.24) is 15.0 Å². The number of nitrogens with one attached hydrogen (secondary N) is 3. The second-order valence-corrected chi connectivity index (χ2v) is 45.7. The van der Waals surface area contributed by atoms with Crippen LogP contribution in [-0.2, 0) is 75.4 Å². The van der Waals surface area contributed by atoms with Crippen molar-refractivity contribution in [3.05, 3.63) is 247 Å². The lowest BCUT2D eigenvalue weighted by atomic mass is 9.48. The first-order valence-electron chi connectivity index (χ1n) is 53.3. The molecule has 20 nitrogen and oxygen atoms in total. The van der Waals surface area contributed by atoms with Crippen molar-refractivity contribution >= 4 is 58.3 Å². The van der Waals surface area contributed by atoms with Crippen LogP contribution in [0.3, 0.4) is 0 Å². The molecule has 20 fully saturated rings. The number of nitro groups is 1. The molecule has 0 spiro atoms. The zero-order valence-electron chi connectivity index (χ0n) is 82.3. The molecule has 20 heteroatoms. The van der Waals surface area contributed by atoms with Crippen molar-refractivity contribution in [2.45, 2.75) is 266 Å². The fraction of sp³-hybridized carbons (Fsp3) is 0.576. The van der Waals surface area contributed by atoms with Gasteiger partial charge in [-0.05, 0) is 481 Å². The van der Waals surface area contributed by atoms with Crippen LogP contribution < -0.4 is 21.7 Å². The van der Waals surface area contributed by atoms with Gasteiger partial charge >= 0.3 is 29.8 Å². The topological polar surface area (TPSA) is 275 Å². The number of nitrogens with two attached hydrogens (primary N) is 1. The van der Waals surface area contributed by atoms with Gasteiger partial charge in [-0.2, -0.15) is 0 Å². The third-order valence-electron chi connectivity index (χ3n) is 35.9. The van der Waals surface area contributed by atoms with E-state index in [-0.39, 0.29) is 46.7 Å². The number of carbonyl (C=O) groups excluding carboxylic acids is 5. The standard InChI is InChI=1S/C27H33NO2.C26H32N2O2.C25H31N3O2.C20H25NO4.C20H27NO2/c1-2-30-26(29)23-8-9-24(25(13-23)28-18-19-6-4-3-5-7-19)17-27-14-20-10-21(15-27)12-22(11-20)16-27;1-2-30-25(29)22-3-4-23(24(12-22)28-17-18-5-7-27-8-6-18)16-26-13-19-9-20(14-26)11-21(10-19)15-26;1-2-30-24(29)20-3-4-21(23(10-20)27-15-22-5-6-26-16-28-22)14-25-11-17-7-18(12-25)9-19(8-17)13-25;1-2-25-20(22)15-4-3-14(19(11-15)21(23)24)10-18-16-6-12-5-13(8-16)9-17(18)7-12;1-2-23-20(22)15-4-3-14(19(21)11-15)10-18-16-6-12-5-13(8-16)9-17(18)7-12/h3-9,13,20-22,28H,2,10-12,14-18H2,1H3;3-8,12,19-21,28H,2,9-11,13-17H2,1H3;3-6,10,16-19,27H,2,7-9,11-15H2,1H3;3-4,11-13,16-18H,2,5-10H2,1H3;3-4,11-13,16-18H,2,5-10,21H2,1H3. The summed E-state index contributed by atoms with van der Waals surface area (Å²) in [5.41, 5.74) is 23.8. The maximum atomic E-state index is 12.3. The highest BCUT2D eigenvalue weighted by atomic mass is 16.6.